The normalized spacial score (nSPS) is 25.2. The number of aliphatic imine (C=N–C) groups is 2. The van der Waals surface area contributed by atoms with Gasteiger partial charge in [-0.15, -0.1) is 0 Å². The van der Waals surface area contributed by atoms with Crippen LogP contribution in [0.15, 0.2) is 9.98 Å². The van der Waals surface area contributed by atoms with Crippen LogP contribution in [0.1, 0.15) is 25.7 Å². The van der Waals surface area contributed by atoms with Gasteiger partial charge in [0.1, 0.15) is 12.0 Å². The Bertz CT molecular complexity index is 272. The maximum absolute atomic E-state index is 5.86. The molecule has 1 aliphatic rings. The van der Waals surface area contributed by atoms with Crippen LogP contribution in [0.3, 0.4) is 0 Å². The molecule has 1 aliphatic heterocycles. The lowest BCUT2D eigenvalue weighted by atomic mass is 10.1. The van der Waals surface area contributed by atoms with E-state index in [-0.39, 0.29) is 12.2 Å². The van der Waals surface area contributed by atoms with Crippen molar-refractivity contribution < 1.29 is 0 Å². The first-order valence-corrected chi connectivity index (χ1v) is 5.75. The van der Waals surface area contributed by atoms with Crippen molar-refractivity contribution in [3.05, 3.63) is 0 Å². The molecule has 0 fully saturated rings. The van der Waals surface area contributed by atoms with Crippen molar-refractivity contribution in [1.82, 2.24) is 0 Å². The third-order valence-corrected chi connectivity index (χ3v) is 2.62. The maximum Gasteiger partial charge on any atom is 0.141 e. The summed E-state index contributed by atoms with van der Waals surface area (Å²) >= 11 is 0. The molecule has 92 valence electrons. The van der Waals surface area contributed by atoms with Crippen LogP contribution < -0.4 is 22.9 Å². The van der Waals surface area contributed by atoms with Crippen molar-refractivity contribution in [2.75, 3.05) is 13.1 Å². The Kier molecular flexibility index (Phi) is 5.37. The van der Waals surface area contributed by atoms with Crippen LogP contribution >= 0.6 is 0 Å². The Morgan fingerprint density at radius 2 is 1.75 bits per heavy atom. The predicted octanol–water partition coefficient (Wildman–Crippen LogP) is -1.07. The molecule has 0 bridgehead atoms. The molecule has 1 heterocycles. The Labute approximate surface area is 96.2 Å². The van der Waals surface area contributed by atoms with Crippen LogP contribution in [0.25, 0.3) is 0 Å². The molecule has 6 nitrogen and oxygen atoms in total. The minimum atomic E-state index is -0.326. The summed E-state index contributed by atoms with van der Waals surface area (Å²) in [5.74, 6) is 0.463. The highest BCUT2D eigenvalue weighted by atomic mass is 15.1. The highest BCUT2D eigenvalue weighted by Gasteiger charge is 2.22. The molecular formula is C10H22N6. The second-order valence-corrected chi connectivity index (χ2v) is 3.97. The molecule has 0 saturated heterocycles. The number of hydrogen-bond acceptors (Lipinski definition) is 6. The zero-order valence-electron chi connectivity index (χ0n) is 9.60. The molecule has 1 rings (SSSR count). The summed E-state index contributed by atoms with van der Waals surface area (Å²) in [5, 5.41) is 0. The molecule has 0 saturated carbocycles. The molecule has 6 heteroatoms. The lowest BCUT2D eigenvalue weighted by molar-refractivity contribution is 0.494. The zero-order chi connectivity index (χ0) is 12.0. The quantitative estimate of drug-likeness (QED) is 0.459. The third kappa shape index (κ3) is 3.55. The maximum atomic E-state index is 5.86. The molecule has 0 aromatic carbocycles. The van der Waals surface area contributed by atoms with Crippen LogP contribution in [0.4, 0.5) is 0 Å². The summed E-state index contributed by atoms with van der Waals surface area (Å²) in [7, 11) is 0. The Balaban J connectivity index is 2.61. The number of amidine groups is 1. The van der Waals surface area contributed by atoms with E-state index >= 15 is 0 Å². The second kappa shape index (κ2) is 6.57. The van der Waals surface area contributed by atoms with E-state index in [4.69, 9.17) is 22.9 Å². The second-order valence-electron chi connectivity index (χ2n) is 3.97. The van der Waals surface area contributed by atoms with Gasteiger partial charge < -0.3 is 22.9 Å². The van der Waals surface area contributed by atoms with Gasteiger partial charge >= 0.3 is 0 Å². The number of hydrogen-bond donors (Lipinski definition) is 4. The zero-order valence-corrected chi connectivity index (χ0v) is 9.60. The van der Waals surface area contributed by atoms with Gasteiger partial charge in [-0.3, -0.25) is 4.99 Å². The van der Waals surface area contributed by atoms with Crippen molar-refractivity contribution >= 4 is 11.5 Å². The fourth-order valence-electron chi connectivity index (χ4n) is 1.69. The van der Waals surface area contributed by atoms with Gasteiger partial charge in [0, 0.05) is 0 Å². The number of nitrogens with two attached hydrogens (primary N) is 4. The van der Waals surface area contributed by atoms with E-state index in [0.29, 0.717) is 18.9 Å². The van der Waals surface area contributed by atoms with E-state index in [1.54, 1.807) is 0 Å². The molecule has 2 unspecified atom stereocenters. The van der Waals surface area contributed by atoms with Crippen LogP contribution in [0.5, 0.6) is 0 Å². The first-order valence-electron chi connectivity index (χ1n) is 5.75. The van der Waals surface area contributed by atoms with E-state index in [1.807, 2.05) is 0 Å². The average Bonchev–Trinajstić information content (AvgIpc) is 2.26. The first-order chi connectivity index (χ1) is 7.69. The summed E-state index contributed by atoms with van der Waals surface area (Å²) in [6.45, 7) is 1.28. The van der Waals surface area contributed by atoms with Crippen molar-refractivity contribution in [2.24, 2.45) is 32.9 Å². The molecule has 0 radical (unpaired) electrons. The molecule has 2 atom stereocenters. The first kappa shape index (κ1) is 13.1. The summed E-state index contributed by atoms with van der Waals surface area (Å²) in [4.78, 5) is 8.75. The van der Waals surface area contributed by atoms with Crippen LogP contribution in [-0.2, 0) is 0 Å². The van der Waals surface area contributed by atoms with Gasteiger partial charge in [0.05, 0.1) is 11.8 Å². The SMILES string of the molecule is NCCCC1=NC(CCCN)C(N)N=C1N. The van der Waals surface area contributed by atoms with Crippen LogP contribution in [0, 0.1) is 0 Å². The molecule has 0 amide bonds. The summed E-state index contributed by atoms with van der Waals surface area (Å²) < 4.78 is 0. The highest BCUT2D eigenvalue weighted by molar-refractivity contribution is 6.41. The minimum Gasteiger partial charge on any atom is -0.382 e. The topological polar surface area (TPSA) is 129 Å². The van der Waals surface area contributed by atoms with Gasteiger partial charge in [-0.2, -0.15) is 0 Å². The van der Waals surface area contributed by atoms with Crippen molar-refractivity contribution in [3.63, 3.8) is 0 Å². The van der Waals surface area contributed by atoms with E-state index in [1.165, 1.54) is 0 Å². The Hall–Kier alpha value is -0.980. The molecule has 0 aromatic heterocycles. The fraction of sp³-hybridized carbons (Fsp3) is 0.800. The summed E-state index contributed by atoms with van der Waals surface area (Å²) in [6.07, 6.45) is 3.08. The van der Waals surface area contributed by atoms with E-state index < -0.39 is 0 Å². The van der Waals surface area contributed by atoms with E-state index in [9.17, 15) is 0 Å². The van der Waals surface area contributed by atoms with E-state index in [0.717, 1.165) is 31.4 Å². The molecule has 0 aliphatic carbocycles. The van der Waals surface area contributed by atoms with E-state index in [2.05, 4.69) is 9.98 Å². The Morgan fingerprint density at radius 3 is 2.38 bits per heavy atom. The lowest BCUT2D eigenvalue weighted by Crippen LogP contribution is -2.42. The third-order valence-electron chi connectivity index (χ3n) is 2.62. The van der Waals surface area contributed by atoms with Gasteiger partial charge in [-0.1, -0.05) is 0 Å². The van der Waals surface area contributed by atoms with Gasteiger partial charge in [0.25, 0.3) is 0 Å². The average molecular weight is 226 g/mol. The van der Waals surface area contributed by atoms with Crippen LogP contribution in [-0.4, -0.2) is 36.8 Å². The molecular weight excluding hydrogens is 204 g/mol. The van der Waals surface area contributed by atoms with Gasteiger partial charge in [0.2, 0.25) is 0 Å². The predicted molar refractivity (Wildman–Crippen MR) is 67.4 cm³/mol. The molecule has 16 heavy (non-hydrogen) atoms. The fourth-order valence-corrected chi connectivity index (χ4v) is 1.69. The molecule has 0 spiro atoms. The monoisotopic (exact) mass is 226 g/mol. The summed E-state index contributed by atoms with van der Waals surface area (Å²) in [6, 6.07) is 0.0172. The van der Waals surface area contributed by atoms with Gasteiger partial charge in [0.15, 0.2) is 0 Å². The van der Waals surface area contributed by atoms with Crippen molar-refractivity contribution in [2.45, 2.75) is 37.9 Å². The Morgan fingerprint density at radius 1 is 1.06 bits per heavy atom. The van der Waals surface area contributed by atoms with Crippen molar-refractivity contribution in [1.29, 1.82) is 0 Å². The lowest BCUT2D eigenvalue weighted by Gasteiger charge is -2.23. The standard InChI is InChI=1S/C10H22N6/c11-5-1-3-7-9(13)16-10(14)8(15-7)4-2-6-12/h7,9H,1-6,11-13H2,(H2,14,16). The number of nitrogens with zero attached hydrogens (tertiary/aromatic N) is 2. The van der Waals surface area contributed by atoms with Crippen molar-refractivity contribution in [3.8, 4) is 0 Å². The number of rotatable bonds is 6. The van der Waals surface area contributed by atoms with Crippen LogP contribution in [0.2, 0.25) is 0 Å². The molecule has 8 N–H and O–H groups in total. The molecule has 0 aromatic rings. The largest absolute Gasteiger partial charge is 0.382 e. The van der Waals surface area contributed by atoms with Gasteiger partial charge in [-0.25, -0.2) is 4.99 Å². The van der Waals surface area contributed by atoms with Gasteiger partial charge in [-0.05, 0) is 38.8 Å². The highest BCUT2D eigenvalue weighted by Crippen LogP contribution is 2.13. The summed E-state index contributed by atoms with van der Waals surface area (Å²) in [5.41, 5.74) is 23.4. The smallest absolute Gasteiger partial charge is 0.141 e. The minimum absolute atomic E-state index is 0.0172.